The van der Waals surface area contributed by atoms with Crippen LogP contribution in [-0.4, -0.2) is 23.8 Å². The van der Waals surface area contributed by atoms with Crippen LogP contribution in [0.2, 0.25) is 0 Å². The average Bonchev–Trinajstić information content (AvgIpc) is 3.16. The van der Waals surface area contributed by atoms with E-state index in [1.165, 1.54) is 57.9 Å². The first kappa shape index (κ1) is 12.0. The Bertz CT molecular complexity index is 260. The fraction of sp³-hybridized carbons (Fsp3) is 1.00. The predicted molar refractivity (Wildman–Crippen MR) is 69.9 cm³/mol. The SMILES string of the molecule is OC1(CNCC2(C3CC3)CC2)CCCCCC1. The van der Waals surface area contributed by atoms with E-state index in [4.69, 9.17) is 0 Å². The molecule has 0 bridgehead atoms. The molecule has 0 aromatic carbocycles. The molecule has 0 aliphatic heterocycles. The molecular formula is C15H27NO. The molecule has 3 saturated carbocycles. The minimum absolute atomic E-state index is 0.393. The second kappa shape index (κ2) is 4.55. The Labute approximate surface area is 105 Å². The van der Waals surface area contributed by atoms with E-state index in [1.807, 2.05) is 0 Å². The molecule has 0 aromatic rings. The first-order valence-corrected chi connectivity index (χ1v) is 7.66. The number of hydrogen-bond donors (Lipinski definition) is 2. The quantitative estimate of drug-likeness (QED) is 0.721. The monoisotopic (exact) mass is 237 g/mol. The van der Waals surface area contributed by atoms with Gasteiger partial charge in [-0.05, 0) is 49.9 Å². The van der Waals surface area contributed by atoms with Crippen molar-refractivity contribution in [3.63, 3.8) is 0 Å². The Morgan fingerprint density at radius 2 is 1.53 bits per heavy atom. The summed E-state index contributed by atoms with van der Waals surface area (Å²) in [7, 11) is 0. The van der Waals surface area contributed by atoms with Crippen LogP contribution in [0.1, 0.15) is 64.2 Å². The van der Waals surface area contributed by atoms with E-state index in [0.29, 0.717) is 5.41 Å². The summed E-state index contributed by atoms with van der Waals surface area (Å²) >= 11 is 0. The minimum Gasteiger partial charge on any atom is -0.389 e. The molecule has 0 atom stereocenters. The van der Waals surface area contributed by atoms with Crippen molar-refractivity contribution in [1.29, 1.82) is 0 Å². The van der Waals surface area contributed by atoms with Gasteiger partial charge in [-0.2, -0.15) is 0 Å². The van der Waals surface area contributed by atoms with Gasteiger partial charge in [0.15, 0.2) is 0 Å². The van der Waals surface area contributed by atoms with E-state index in [9.17, 15) is 5.11 Å². The molecule has 2 heteroatoms. The molecule has 0 heterocycles. The lowest BCUT2D eigenvalue weighted by molar-refractivity contribution is 0.0240. The van der Waals surface area contributed by atoms with Gasteiger partial charge in [-0.25, -0.2) is 0 Å². The summed E-state index contributed by atoms with van der Waals surface area (Å²) in [5, 5.41) is 14.2. The van der Waals surface area contributed by atoms with Gasteiger partial charge in [0, 0.05) is 13.1 Å². The summed E-state index contributed by atoms with van der Waals surface area (Å²) in [6.45, 7) is 2.00. The molecule has 0 radical (unpaired) electrons. The van der Waals surface area contributed by atoms with Crippen molar-refractivity contribution in [2.75, 3.05) is 13.1 Å². The normalized spacial score (nSPS) is 30.9. The maximum atomic E-state index is 10.6. The summed E-state index contributed by atoms with van der Waals surface area (Å²) in [6.07, 6.45) is 12.9. The van der Waals surface area contributed by atoms with Crippen LogP contribution in [-0.2, 0) is 0 Å². The highest BCUT2D eigenvalue weighted by atomic mass is 16.3. The molecule has 0 spiro atoms. The van der Waals surface area contributed by atoms with Crippen molar-refractivity contribution in [1.82, 2.24) is 5.32 Å². The Balaban J connectivity index is 1.43. The zero-order valence-electron chi connectivity index (χ0n) is 11.0. The fourth-order valence-electron chi connectivity index (χ4n) is 3.69. The van der Waals surface area contributed by atoms with Gasteiger partial charge in [-0.15, -0.1) is 0 Å². The van der Waals surface area contributed by atoms with Crippen molar-refractivity contribution in [2.24, 2.45) is 11.3 Å². The third-order valence-electron chi connectivity index (χ3n) is 5.30. The highest BCUT2D eigenvalue weighted by Crippen LogP contribution is 2.60. The van der Waals surface area contributed by atoms with Gasteiger partial charge >= 0.3 is 0 Å². The van der Waals surface area contributed by atoms with E-state index in [0.717, 1.165) is 25.3 Å². The standard InChI is InChI=1S/C15H27NO/c17-15(7-3-1-2-4-8-15)12-16-11-14(9-10-14)13-5-6-13/h13,16-17H,1-12H2. The third kappa shape index (κ3) is 2.85. The van der Waals surface area contributed by atoms with Crippen LogP contribution in [0.3, 0.4) is 0 Å². The summed E-state index contributed by atoms with van der Waals surface area (Å²) in [5.41, 5.74) is 0.275. The van der Waals surface area contributed by atoms with Crippen LogP contribution in [0.15, 0.2) is 0 Å². The minimum atomic E-state index is -0.393. The second-order valence-corrected chi connectivity index (χ2v) is 6.88. The lowest BCUT2D eigenvalue weighted by atomic mass is 9.93. The number of hydrogen-bond acceptors (Lipinski definition) is 2. The van der Waals surface area contributed by atoms with Crippen LogP contribution in [0, 0.1) is 11.3 Å². The van der Waals surface area contributed by atoms with Crippen molar-refractivity contribution in [2.45, 2.75) is 69.8 Å². The summed E-state index contributed by atoms with van der Waals surface area (Å²) in [5.74, 6) is 1.03. The van der Waals surface area contributed by atoms with Crippen molar-refractivity contribution in [3.8, 4) is 0 Å². The first-order valence-electron chi connectivity index (χ1n) is 7.66. The molecule has 98 valence electrons. The molecule has 2 nitrogen and oxygen atoms in total. The molecule has 3 aliphatic rings. The molecule has 0 amide bonds. The molecule has 17 heavy (non-hydrogen) atoms. The summed E-state index contributed by atoms with van der Waals surface area (Å²) in [4.78, 5) is 0. The van der Waals surface area contributed by atoms with Crippen LogP contribution in [0.5, 0.6) is 0 Å². The van der Waals surface area contributed by atoms with E-state index >= 15 is 0 Å². The van der Waals surface area contributed by atoms with Crippen LogP contribution in [0.4, 0.5) is 0 Å². The van der Waals surface area contributed by atoms with Gasteiger partial charge in [0.1, 0.15) is 0 Å². The van der Waals surface area contributed by atoms with Crippen LogP contribution >= 0.6 is 0 Å². The van der Waals surface area contributed by atoms with Crippen molar-refractivity contribution >= 4 is 0 Å². The zero-order chi connectivity index (χ0) is 11.8. The first-order chi connectivity index (χ1) is 8.23. The lowest BCUT2D eigenvalue weighted by Gasteiger charge is -2.28. The molecular weight excluding hydrogens is 210 g/mol. The lowest BCUT2D eigenvalue weighted by Crippen LogP contribution is -2.42. The van der Waals surface area contributed by atoms with Crippen molar-refractivity contribution in [3.05, 3.63) is 0 Å². The molecule has 3 fully saturated rings. The number of aliphatic hydroxyl groups is 1. The highest BCUT2D eigenvalue weighted by molar-refractivity contribution is 5.05. The van der Waals surface area contributed by atoms with Crippen LogP contribution in [0.25, 0.3) is 0 Å². The Morgan fingerprint density at radius 1 is 0.882 bits per heavy atom. The van der Waals surface area contributed by atoms with Crippen molar-refractivity contribution < 1.29 is 5.11 Å². The third-order valence-corrected chi connectivity index (χ3v) is 5.30. The molecule has 0 aromatic heterocycles. The molecule has 2 N–H and O–H groups in total. The van der Waals surface area contributed by atoms with E-state index < -0.39 is 5.60 Å². The van der Waals surface area contributed by atoms with Gasteiger partial charge in [0.05, 0.1) is 5.60 Å². The Hall–Kier alpha value is -0.0800. The smallest absolute Gasteiger partial charge is 0.0771 e. The largest absolute Gasteiger partial charge is 0.389 e. The number of rotatable bonds is 5. The highest BCUT2D eigenvalue weighted by Gasteiger charge is 2.53. The van der Waals surface area contributed by atoms with E-state index in [1.54, 1.807) is 0 Å². The fourth-order valence-corrected chi connectivity index (χ4v) is 3.69. The molecule has 3 aliphatic carbocycles. The topological polar surface area (TPSA) is 32.3 Å². The Morgan fingerprint density at radius 3 is 2.06 bits per heavy atom. The van der Waals surface area contributed by atoms with Crippen LogP contribution < -0.4 is 5.32 Å². The maximum Gasteiger partial charge on any atom is 0.0771 e. The van der Waals surface area contributed by atoms with Gasteiger partial charge in [-0.1, -0.05) is 25.7 Å². The van der Waals surface area contributed by atoms with E-state index in [2.05, 4.69) is 5.32 Å². The average molecular weight is 237 g/mol. The predicted octanol–water partition coefficient (Wildman–Crippen LogP) is 2.85. The summed E-state index contributed by atoms with van der Waals surface area (Å²) < 4.78 is 0. The van der Waals surface area contributed by atoms with E-state index in [-0.39, 0.29) is 0 Å². The molecule has 0 unspecified atom stereocenters. The maximum absolute atomic E-state index is 10.6. The number of nitrogens with one attached hydrogen (secondary N) is 1. The zero-order valence-corrected chi connectivity index (χ0v) is 11.0. The molecule has 3 rings (SSSR count). The van der Waals surface area contributed by atoms with Gasteiger partial charge < -0.3 is 10.4 Å². The van der Waals surface area contributed by atoms with Gasteiger partial charge in [-0.3, -0.25) is 0 Å². The van der Waals surface area contributed by atoms with Gasteiger partial charge in [0.25, 0.3) is 0 Å². The second-order valence-electron chi connectivity index (χ2n) is 6.88. The molecule has 0 saturated heterocycles. The Kier molecular flexibility index (Phi) is 3.20. The van der Waals surface area contributed by atoms with Gasteiger partial charge in [0.2, 0.25) is 0 Å². The summed E-state index contributed by atoms with van der Waals surface area (Å²) in [6, 6.07) is 0.